The average molecular weight is 358 g/mol. The van der Waals surface area contributed by atoms with Crippen LogP contribution in [0.1, 0.15) is 6.92 Å². The molecular formula is C17H22N6O3. The third-order valence-corrected chi connectivity index (χ3v) is 3.90. The first kappa shape index (κ1) is 19.1. The zero-order valence-corrected chi connectivity index (χ0v) is 14.8. The van der Waals surface area contributed by atoms with Gasteiger partial charge in [0.15, 0.2) is 6.17 Å². The number of allylic oxidation sites excluding steroid dienone is 1. The normalized spacial score (nSPS) is 18.3. The third-order valence-electron chi connectivity index (χ3n) is 3.90. The lowest BCUT2D eigenvalue weighted by atomic mass is 10.1. The number of benzene rings is 1. The molecule has 1 aliphatic rings. The van der Waals surface area contributed by atoms with E-state index in [0.717, 1.165) is 0 Å². The fourth-order valence-electron chi connectivity index (χ4n) is 2.36. The molecule has 0 fully saturated rings. The molecule has 0 spiro atoms. The van der Waals surface area contributed by atoms with Crippen molar-refractivity contribution >= 4 is 35.3 Å². The molecule has 1 unspecified atom stereocenters. The lowest BCUT2D eigenvalue weighted by Gasteiger charge is -2.37. The van der Waals surface area contributed by atoms with Gasteiger partial charge in [-0.1, -0.05) is 12.1 Å². The van der Waals surface area contributed by atoms with E-state index < -0.39 is 29.9 Å². The van der Waals surface area contributed by atoms with Gasteiger partial charge in [-0.15, -0.1) is 0 Å². The Morgan fingerprint density at radius 1 is 1.38 bits per heavy atom. The van der Waals surface area contributed by atoms with Crippen LogP contribution in [0.15, 0.2) is 41.0 Å². The number of hydrogen-bond donors (Lipinski definition) is 4. The first-order valence-corrected chi connectivity index (χ1v) is 7.99. The van der Waals surface area contributed by atoms with Gasteiger partial charge in [-0.2, -0.15) is 0 Å². The molecule has 5 N–H and O–H groups in total. The second-order valence-corrected chi connectivity index (χ2v) is 5.63. The number of anilines is 2. The standard InChI is InChI=1S/C17H22N6O3/c1-10(20-3)15(24)22-14-16(25)21-12-6-4-5-7-13(12)23(14)17(26)11(18)8-9-19-2/h4-10,14,20H,18H2,1-3H3,(H,21,25)(H,22,24)/t10-,14?/m0/s1. The van der Waals surface area contributed by atoms with Crippen LogP contribution in [0.3, 0.4) is 0 Å². The zero-order valence-electron chi connectivity index (χ0n) is 14.8. The number of likely N-dealkylation sites (N-methyl/N-ethyl adjacent to an activating group) is 1. The molecule has 1 aromatic carbocycles. The molecule has 9 nitrogen and oxygen atoms in total. The van der Waals surface area contributed by atoms with Crippen molar-refractivity contribution in [2.75, 3.05) is 24.3 Å². The summed E-state index contributed by atoms with van der Waals surface area (Å²) in [5.74, 6) is -1.58. The minimum Gasteiger partial charge on any atom is -0.394 e. The van der Waals surface area contributed by atoms with Gasteiger partial charge in [0.2, 0.25) is 5.91 Å². The van der Waals surface area contributed by atoms with Gasteiger partial charge in [-0.05, 0) is 32.2 Å². The fraction of sp³-hybridized carbons (Fsp3) is 0.294. The van der Waals surface area contributed by atoms with Crippen LogP contribution in [-0.4, -0.2) is 50.2 Å². The lowest BCUT2D eigenvalue weighted by Crippen LogP contribution is -2.62. The van der Waals surface area contributed by atoms with Crippen LogP contribution < -0.4 is 26.6 Å². The van der Waals surface area contributed by atoms with Crippen molar-refractivity contribution in [3.05, 3.63) is 36.0 Å². The number of fused-ring (bicyclic) bond motifs is 1. The van der Waals surface area contributed by atoms with E-state index in [0.29, 0.717) is 11.4 Å². The molecule has 1 heterocycles. The van der Waals surface area contributed by atoms with Crippen LogP contribution in [0, 0.1) is 0 Å². The molecule has 0 aromatic heterocycles. The molecule has 0 bridgehead atoms. The molecule has 2 rings (SSSR count). The summed E-state index contributed by atoms with van der Waals surface area (Å²) in [6.07, 6.45) is 1.48. The largest absolute Gasteiger partial charge is 0.394 e. The number of amides is 3. The highest BCUT2D eigenvalue weighted by Gasteiger charge is 2.39. The van der Waals surface area contributed by atoms with E-state index in [2.05, 4.69) is 20.9 Å². The van der Waals surface area contributed by atoms with Gasteiger partial charge >= 0.3 is 0 Å². The number of carbonyl (C=O) groups is 3. The van der Waals surface area contributed by atoms with Gasteiger partial charge in [0.1, 0.15) is 0 Å². The summed E-state index contributed by atoms with van der Waals surface area (Å²) >= 11 is 0. The number of carbonyl (C=O) groups excluding carboxylic acids is 3. The lowest BCUT2D eigenvalue weighted by molar-refractivity contribution is -0.129. The van der Waals surface area contributed by atoms with Gasteiger partial charge in [0, 0.05) is 13.3 Å². The number of aliphatic imine (C=N–C) groups is 1. The van der Waals surface area contributed by atoms with Crippen molar-refractivity contribution in [1.29, 1.82) is 0 Å². The molecule has 9 heteroatoms. The Bertz CT molecular complexity index is 774. The molecule has 1 aliphatic heterocycles. The molecule has 0 aliphatic carbocycles. The highest BCUT2D eigenvalue weighted by Crippen LogP contribution is 2.31. The summed E-state index contributed by atoms with van der Waals surface area (Å²) in [5, 5.41) is 8.04. The Balaban J connectivity index is 2.46. The molecule has 0 radical (unpaired) electrons. The van der Waals surface area contributed by atoms with Crippen LogP contribution in [0.4, 0.5) is 11.4 Å². The van der Waals surface area contributed by atoms with Crippen molar-refractivity contribution in [3.63, 3.8) is 0 Å². The Kier molecular flexibility index (Phi) is 6.07. The van der Waals surface area contributed by atoms with Crippen LogP contribution in [0.5, 0.6) is 0 Å². The van der Waals surface area contributed by atoms with E-state index in [9.17, 15) is 14.4 Å². The van der Waals surface area contributed by atoms with E-state index in [1.54, 1.807) is 45.3 Å². The van der Waals surface area contributed by atoms with Crippen molar-refractivity contribution in [2.24, 2.45) is 10.7 Å². The van der Waals surface area contributed by atoms with Crippen molar-refractivity contribution in [3.8, 4) is 0 Å². The van der Waals surface area contributed by atoms with Crippen molar-refractivity contribution in [1.82, 2.24) is 10.6 Å². The minimum absolute atomic E-state index is 0.110. The quantitative estimate of drug-likeness (QED) is 0.419. The Morgan fingerprint density at radius 3 is 2.73 bits per heavy atom. The van der Waals surface area contributed by atoms with Crippen molar-refractivity contribution < 1.29 is 14.4 Å². The van der Waals surface area contributed by atoms with E-state index in [1.165, 1.54) is 17.2 Å². The second kappa shape index (κ2) is 8.26. The van der Waals surface area contributed by atoms with Gasteiger partial charge in [-0.25, -0.2) is 0 Å². The van der Waals surface area contributed by atoms with Crippen molar-refractivity contribution in [2.45, 2.75) is 19.1 Å². The molecule has 0 saturated carbocycles. The maximum absolute atomic E-state index is 12.9. The number of para-hydroxylation sites is 2. The SMILES string of the molecule is CN=CC=C(N)C(=O)N1c2ccccc2NC(=O)C1NC(=O)[C@H](C)NC. The number of rotatable bonds is 5. The fourth-order valence-corrected chi connectivity index (χ4v) is 2.36. The molecule has 2 atom stereocenters. The van der Waals surface area contributed by atoms with E-state index in [1.807, 2.05) is 0 Å². The Labute approximate surface area is 151 Å². The van der Waals surface area contributed by atoms with Crippen LogP contribution in [0.2, 0.25) is 0 Å². The zero-order chi connectivity index (χ0) is 19.3. The molecule has 26 heavy (non-hydrogen) atoms. The van der Waals surface area contributed by atoms with Gasteiger partial charge in [0.25, 0.3) is 11.8 Å². The summed E-state index contributed by atoms with van der Waals surface area (Å²) in [6, 6.07) is 6.23. The monoisotopic (exact) mass is 358 g/mol. The number of nitrogens with one attached hydrogen (secondary N) is 3. The summed E-state index contributed by atoms with van der Waals surface area (Å²) in [5.41, 5.74) is 6.62. The smallest absolute Gasteiger partial charge is 0.276 e. The maximum Gasteiger partial charge on any atom is 0.276 e. The van der Waals surface area contributed by atoms with E-state index in [4.69, 9.17) is 5.73 Å². The highest BCUT2D eigenvalue weighted by molar-refractivity contribution is 6.17. The number of hydrogen-bond acceptors (Lipinski definition) is 6. The van der Waals surface area contributed by atoms with Crippen LogP contribution in [0.25, 0.3) is 0 Å². The summed E-state index contributed by atoms with van der Waals surface area (Å²) in [6.45, 7) is 1.64. The number of nitrogens with two attached hydrogens (primary N) is 1. The summed E-state index contributed by atoms with van der Waals surface area (Å²) in [7, 11) is 3.16. The third kappa shape index (κ3) is 3.89. The molecule has 0 saturated heterocycles. The summed E-state index contributed by atoms with van der Waals surface area (Å²) in [4.78, 5) is 42.6. The predicted octanol–water partition coefficient (Wildman–Crippen LogP) is -0.435. The molecule has 3 amide bonds. The van der Waals surface area contributed by atoms with E-state index in [-0.39, 0.29) is 5.70 Å². The van der Waals surface area contributed by atoms with E-state index >= 15 is 0 Å². The first-order chi connectivity index (χ1) is 12.4. The van der Waals surface area contributed by atoms with Gasteiger partial charge in [0.05, 0.1) is 23.1 Å². The average Bonchev–Trinajstić information content (AvgIpc) is 2.65. The maximum atomic E-state index is 12.9. The summed E-state index contributed by atoms with van der Waals surface area (Å²) < 4.78 is 0. The highest BCUT2D eigenvalue weighted by atomic mass is 16.2. The van der Waals surface area contributed by atoms with Crippen LogP contribution >= 0.6 is 0 Å². The minimum atomic E-state index is -1.23. The Hall–Kier alpha value is -3.20. The second-order valence-electron chi connectivity index (χ2n) is 5.63. The van der Waals surface area contributed by atoms with Gasteiger partial charge in [-0.3, -0.25) is 24.3 Å². The predicted molar refractivity (Wildman–Crippen MR) is 99.7 cm³/mol. The molecule has 1 aromatic rings. The number of nitrogens with zero attached hydrogens (tertiary/aromatic N) is 2. The molecule has 138 valence electrons. The first-order valence-electron chi connectivity index (χ1n) is 7.99. The van der Waals surface area contributed by atoms with Gasteiger partial charge < -0.3 is 21.7 Å². The van der Waals surface area contributed by atoms with Crippen LogP contribution in [-0.2, 0) is 14.4 Å². The molecular weight excluding hydrogens is 336 g/mol. The Morgan fingerprint density at radius 2 is 2.08 bits per heavy atom. The topological polar surface area (TPSA) is 129 Å².